The Labute approximate surface area is 132 Å². The monoisotopic (exact) mass is 305 g/mol. The Hall–Kier alpha value is -2.95. The number of benzene rings is 1. The molecular formula is C18H15N3O2. The van der Waals surface area contributed by atoms with Gasteiger partial charge in [-0.3, -0.25) is 4.40 Å². The lowest BCUT2D eigenvalue weighted by molar-refractivity contribution is 0.408. The molecule has 1 aliphatic heterocycles. The van der Waals surface area contributed by atoms with E-state index in [2.05, 4.69) is 33.5 Å². The molecule has 3 aromatic heterocycles. The third-order valence-corrected chi connectivity index (χ3v) is 4.52. The molecule has 0 aliphatic carbocycles. The lowest BCUT2D eigenvalue weighted by Gasteiger charge is -2.17. The summed E-state index contributed by atoms with van der Waals surface area (Å²) in [4.78, 5) is 4.74. The molecule has 5 heteroatoms. The quantitative estimate of drug-likeness (QED) is 0.476. The molecule has 0 fully saturated rings. The van der Waals surface area contributed by atoms with Crippen molar-refractivity contribution in [1.82, 2.24) is 14.0 Å². The minimum absolute atomic E-state index is 0.691. The van der Waals surface area contributed by atoms with E-state index in [0.29, 0.717) is 5.88 Å². The van der Waals surface area contributed by atoms with Gasteiger partial charge in [0.25, 0.3) is 0 Å². The van der Waals surface area contributed by atoms with Crippen molar-refractivity contribution in [2.75, 3.05) is 7.11 Å². The molecule has 0 amide bonds. The van der Waals surface area contributed by atoms with Gasteiger partial charge >= 0.3 is 0 Å². The van der Waals surface area contributed by atoms with Gasteiger partial charge in [0.1, 0.15) is 11.5 Å². The Morgan fingerprint density at radius 1 is 1.17 bits per heavy atom. The zero-order valence-corrected chi connectivity index (χ0v) is 12.9. The first-order valence-electron chi connectivity index (χ1n) is 7.54. The zero-order valence-electron chi connectivity index (χ0n) is 12.9. The Morgan fingerprint density at radius 3 is 2.91 bits per heavy atom. The van der Waals surface area contributed by atoms with Crippen LogP contribution in [0.1, 0.15) is 11.3 Å². The van der Waals surface area contributed by atoms with Gasteiger partial charge < -0.3 is 14.0 Å². The van der Waals surface area contributed by atoms with Gasteiger partial charge in [-0.2, -0.15) is 4.98 Å². The highest BCUT2D eigenvalue weighted by Gasteiger charge is 2.24. The third-order valence-electron chi connectivity index (χ3n) is 4.52. The fourth-order valence-electron chi connectivity index (χ4n) is 3.35. The number of rotatable bonds is 1. The summed E-state index contributed by atoms with van der Waals surface area (Å²) in [6.07, 6.45) is 4.90. The molecule has 5 rings (SSSR count). The average Bonchev–Trinajstić information content (AvgIpc) is 3.12. The van der Waals surface area contributed by atoms with Gasteiger partial charge in [-0.1, -0.05) is 0 Å². The summed E-state index contributed by atoms with van der Waals surface area (Å²) in [5.41, 5.74) is 4.24. The van der Waals surface area contributed by atoms with Crippen molar-refractivity contribution in [2.45, 2.75) is 6.42 Å². The summed E-state index contributed by atoms with van der Waals surface area (Å²) in [5.74, 6) is 2.38. The van der Waals surface area contributed by atoms with Crippen LogP contribution in [0.5, 0.6) is 17.4 Å². The van der Waals surface area contributed by atoms with E-state index < -0.39 is 0 Å². The molecule has 5 nitrogen and oxygen atoms in total. The Balaban J connectivity index is 1.76. The minimum atomic E-state index is 0.691. The van der Waals surface area contributed by atoms with E-state index in [1.54, 1.807) is 7.11 Å². The predicted octanol–water partition coefficient (Wildman–Crippen LogP) is 3.53. The average molecular weight is 305 g/mol. The molecule has 0 radical (unpaired) electrons. The molecule has 0 spiro atoms. The second kappa shape index (κ2) is 4.29. The molecule has 0 bridgehead atoms. The molecule has 0 atom stereocenters. The number of nitrogens with zero attached hydrogens (tertiary/aromatic N) is 3. The lowest BCUT2D eigenvalue weighted by atomic mass is 10.1. The van der Waals surface area contributed by atoms with Crippen LogP contribution in [0, 0.1) is 0 Å². The fourth-order valence-corrected chi connectivity index (χ4v) is 3.35. The number of hydrogen-bond donors (Lipinski definition) is 0. The number of methoxy groups -OCH3 is 1. The van der Waals surface area contributed by atoms with Crippen molar-refractivity contribution in [2.24, 2.45) is 7.05 Å². The fraction of sp³-hybridized carbons (Fsp3) is 0.167. The molecule has 1 aliphatic rings. The van der Waals surface area contributed by atoms with E-state index in [1.807, 2.05) is 25.2 Å². The van der Waals surface area contributed by atoms with Crippen molar-refractivity contribution >= 4 is 16.6 Å². The molecule has 4 aromatic rings. The number of pyridine rings is 1. The summed E-state index contributed by atoms with van der Waals surface area (Å²) in [6.45, 7) is 0. The normalized spacial score (nSPS) is 13.0. The van der Waals surface area contributed by atoms with Crippen molar-refractivity contribution in [3.63, 3.8) is 0 Å². The highest BCUT2D eigenvalue weighted by molar-refractivity contribution is 5.92. The van der Waals surface area contributed by atoms with E-state index in [4.69, 9.17) is 14.5 Å². The van der Waals surface area contributed by atoms with Crippen molar-refractivity contribution in [3.8, 4) is 17.4 Å². The van der Waals surface area contributed by atoms with Crippen LogP contribution in [-0.2, 0) is 13.5 Å². The number of aromatic nitrogens is 3. The largest absolute Gasteiger partial charge is 0.497 e. The second-order valence-corrected chi connectivity index (χ2v) is 5.86. The smallest absolute Gasteiger partial charge is 0.241 e. The summed E-state index contributed by atoms with van der Waals surface area (Å²) in [6, 6.07) is 10.1. The van der Waals surface area contributed by atoms with Crippen LogP contribution in [-0.4, -0.2) is 21.1 Å². The first-order valence-corrected chi connectivity index (χ1v) is 7.54. The third kappa shape index (κ3) is 1.64. The van der Waals surface area contributed by atoms with Crippen LogP contribution >= 0.6 is 0 Å². The van der Waals surface area contributed by atoms with E-state index in [0.717, 1.165) is 40.3 Å². The van der Waals surface area contributed by atoms with Crippen molar-refractivity contribution in [1.29, 1.82) is 0 Å². The Bertz CT molecular complexity index is 1070. The van der Waals surface area contributed by atoms with Gasteiger partial charge in [-0.15, -0.1) is 0 Å². The van der Waals surface area contributed by atoms with Gasteiger partial charge in [0.15, 0.2) is 5.65 Å². The molecule has 0 saturated heterocycles. The van der Waals surface area contributed by atoms with Crippen LogP contribution in [0.3, 0.4) is 0 Å². The van der Waals surface area contributed by atoms with Crippen LogP contribution in [0.2, 0.25) is 0 Å². The molecule has 0 unspecified atom stereocenters. The van der Waals surface area contributed by atoms with Gasteiger partial charge in [0.05, 0.1) is 18.3 Å². The van der Waals surface area contributed by atoms with Gasteiger partial charge in [0.2, 0.25) is 5.88 Å². The van der Waals surface area contributed by atoms with E-state index >= 15 is 0 Å². The molecule has 23 heavy (non-hydrogen) atoms. The molecule has 4 heterocycles. The molecule has 0 saturated carbocycles. The molecular weight excluding hydrogens is 290 g/mol. The molecule has 1 aromatic carbocycles. The minimum Gasteiger partial charge on any atom is -0.497 e. The summed E-state index contributed by atoms with van der Waals surface area (Å²) in [7, 11) is 3.72. The number of hydrogen-bond acceptors (Lipinski definition) is 3. The van der Waals surface area contributed by atoms with E-state index in [-0.39, 0.29) is 0 Å². The van der Waals surface area contributed by atoms with Crippen molar-refractivity contribution in [3.05, 3.63) is 54.0 Å². The highest BCUT2D eigenvalue weighted by atomic mass is 16.5. The lowest BCUT2D eigenvalue weighted by Crippen LogP contribution is -2.04. The zero-order chi connectivity index (χ0) is 15.6. The van der Waals surface area contributed by atoms with Gasteiger partial charge in [0, 0.05) is 36.8 Å². The van der Waals surface area contributed by atoms with Crippen LogP contribution in [0.15, 0.2) is 42.7 Å². The van der Waals surface area contributed by atoms with Crippen molar-refractivity contribution < 1.29 is 9.47 Å². The predicted molar refractivity (Wildman–Crippen MR) is 87.5 cm³/mol. The van der Waals surface area contributed by atoms with Crippen LogP contribution in [0.4, 0.5) is 0 Å². The number of aryl methyl sites for hydroxylation is 1. The first kappa shape index (κ1) is 12.6. The van der Waals surface area contributed by atoms with E-state index in [1.165, 1.54) is 5.39 Å². The Kier molecular flexibility index (Phi) is 2.34. The van der Waals surface area contributed by atoms with Gasteiger partial charge in [-0.25, -0.2) is 0 Å². The summed E-state index contributed by atoms with van der Waals surface area (Å²) >= 11 is 0. The number of imidazole rings is 1. The topological polar surface area (TPSA) is 40.7 Å². The molecule has 114 valence electrons. The standard InChI is InChI=1S/C18H15N3O2/c1-20-7-5-11-6-8-21-14-10-12-9-13(22-2)3-4-15(12)23-18(14)19-17(21)16(11)20/h3-9H,10H2,1-2H3. The van der Waals surface area contributed by atoms with Crippen LogP contribution < -0.4 is 9.47 Å². The maximum Gasteiger partial charge on any atom is 0.241 e. The SMILES string of the molecule is COc1ccc2c(c1)Cc1c(nc3c4c(ccn4C)ccn13)O2. The maximum absolute atomic E-state index is 6.03. The molecule has 0 N–H and O–H groups in total. The maximum atomic E-state index is 6.03. The summed E-state index contributed by atoms with van der Waals surface area (Å²) in [5, 5.41) is 1.18. The highest BCUT2D eigenvalue weighted by Crippen LogP contribution is 2.39. The first-order chi connectivity index (χ1) is 11.2. The number of ether oxygens (including phenoxy) is 2. The number of fused-ring (bicyclic) bond motifs is 6. The summed E-state index contributed by atoms with van der Waals surface area (Å²) < 4.78 is 15.6. The van der Waals surface area contributed by atoms with Gasteiger partial charge in [-0.05, 0) is 30.3 Å². The second-order valence-electron chi connectivity index (χ2n) is 5.86. The van der Waals surface area contributed by atoms with E-state index in [9.17, 15) is 0 Å². The Morgan fingerprint density at radius 2 is 2.04 bits per heavy atom. The van der Waals surface area contributed by atoms with Crippen LogP contribution in [0.25, 0.3) is 16.6 Å².